The van der Waals surface area contributed by atoms with Gasteiger partial charge in [0.15, 0.2) is 10.8 Å². The minimum Gasteiger partial charge on any atom is -0.364 e. The van der Waals surface area contributed by atoms with Crippen LogP contribution < -0.4 is 5.73 Å². The first-order valence-corrected chi connectivity index (χ1v) is 3.25. The van der Waals surface area contributed by atoms with Crippen LogP contribution in [-0.4, -0.2) is 15.9 Å². The number of primary amides is 1. The summed E-state index contributed by atoms with van der Waals surface area (Å²) in [5.74, 6) is -0.728. The van der Waals surface area contributed by atoms with Crippen LogP contribution in [0.1, 0.15) is 16.2 Å². The highest BCUT2D eigenvalue weighted by Crippen LogP contribution is 2.08. The van der Waals surface area contributed by atoms with E-state index < -0.39 is 5.91 Å². The Morgan fingerprint density at radius 2 is 2.42 bits per heavy atom. The van der Waals surface area contributed by atoms with Gasteiger partial charge in [0.25, 0.3) is 5.91 Å². The van der Waals surface area contributed by atoms with Gasteiger partial charge in [0, 0.05) is 0 Å². The van der Waals surface area contributed by atoms with E-state index in [1.165, 1.54) is 0 Å². The van der Waals surface area contributed by atoms with Crippen LogP contribution in [0.15, 0.2) is 6.20 Å². The molecular weight excluding hydrogens is 180 g/mol. The molecule has 1 amide bonds. The highest BCUT2D eigenvalue weighted by Gasteiger charge is 2.07. The number of hydrogen-bond acceptors (Lipinski definition) is 4. The van der Waals surface area contributed by atoms with E-state index in [9.17, 15) is 4.79 Å². The van der Waals surface area contributed by atoms with Crippen LogP contribution in [0.4, 0.5) is 0 Å². The van der Waals surface area contributed by atoms with Gasteiger partial charge in [-0.15, -0.1) is 0 Å². The Bertz CT molecular complexity index is 370. The molecule has 6 heteroatoms. The van der Waals surface area contributed by atoms with Gasteiger partial charge in [-0.1, -0.05) is 11.6 Å². The molecule has 5 nitrogen and oxygen atoms in total. The van der Waals surface area contributed by atoms with Crippen molar-refractivity contribution >= 4 is 17.5 Å². The number of hydrogen-bond donors (Lipinski definition) is 1. The molecule has 0 saturated heterocycles. The molecule has 1 rings (SSSR count). The Labute approximate surface area is 72.8 Å². The van der Waals surface area contributed by atoms with Crippen molar-refractivity contribution in [3.05, 3.63) is 22.7 Å². The summed E-state index contributed by atoms with van der Waals surface area (Å²) in [6.07, 6.45) is 1.10. The van der Waals surface area contributed by atoms with Gasteiger partial charge in [0.2, 0.25) is 0 Å². The number of aromatic nitrogens is 2. The maximum atomic E-state index is 10.5. The summed E-state index contributed by atoms with van der Waals surface area (Å²) in [6.45, 7) is 0. The normalized spacial score (nSPS) is 9.00. The van der Waals surface area contributed by atoms with E-state index in [0.29, 0.717) is 0 Å². The fourth-order valence-corrected chi connectivity index (χ4v) is 0.742. The molecule has 0 spiro atoms. The Balaban J connectivity index is 3.21. The molecule has 0 aliphatic heterocycles. The maximum absolute atomic E-state index is 10.5. The number of nitrogens with zero attached hydrogens (tertiary/aromatic N) is 3. The van der Waals surface area contributed by atoms with Crippen LogP contribution in [0.2, 0.25) is 5.15 Å². The maximum Gasteiger partial charge on any atom is 0.268 e. The average molecular weight is 183 g/mol. The molecule has 12 heavy (non-hydrogen) atoms. The van der Waals surface area contributed by atoms with Crippen molar-refractivity contribution in [2.75, 3.05) is 0 Å². The van der Waals surface area contributed by atoms with Gasteiger partial charge in [-0.05, 0) is 0 Å². The first-order valence-electron chi connectivity index (χ1n) is 2.87. The Kier molecular flexibility index (Phi) is 2.21. The van der Waals surface area contributed by atoms with Gasteiger partial charge in [0.05, 0.1) is 6.20 Å². The fourth-order valence-electron chi connectivity index (χ4n) is 0.560. The topological polar surface area (TPSA) is 92.7 Å². The van der Waals surface area contributed by atoms with E-state index in [2.05, 4.69) is 9.97 Å². The summed E-state index contributed by atoms with van der Waals surface area (Å²) in [6, 6.07) is 1.70. The minimum atomic E-state index is -0.728. The number of carbonyl (C=O) groups excluding carboxylic acids is 1. The average Bonchev–Trinajstić information content (AvgIpc) is 2.04. The predicted octanol–water partition coefficient (Wildman–Crippen LogP) is 0.101. The van der Waals surface area contributed by atoms with E-state index in [1.807, 2.05) is 0 Å². The lowest BCUT2D eigenvalue weighted by Crippen LogP contribution is -2.13. The van der Waals surface area contributed by atoms with Crippen molar-refractivity contribution < 1.29 is 4.79 Å². The van der Waals surface area contributed by atoms with Crippen LogP contribution in [0.25, 0.3) is 0 Å². The highest BCUT2D eigenvalue weighted by atomic mass is 35.5. The quantitative estimate of drug-likeness (QED) is 0.667. The lowest BCUT2D eigenvalue weighted by Gasteiger charge is -1.95. The smallest absolute Gasteiger partial charge is 0.268 e. The van der Waals surface area contributed by atoms with E-state index in [4.69, 9.17) is 22.6 Å². The van der Waals surface area contributed by atoms with Crippen molar-refractivity contribution in [1.29, 1.82) is 5.26 Å². The third-order valence-corrected chi connectivity index (χ3v) is 1.35. The summed E-state index contributed by atoms with van der Waals surface area (Å²) in [5, 5.41) is 8.28. The molecule has 2 N–H and O–H groups in total. The Morgan fingerprint density at radius 3 is 2.83 bits per heavy atom. The molecule has 0 aliphatic rings. The molecule has 1 aromatic heterocycles. The molecule has 0 unspecified atom stereocenters. The van der Waals surface area contributed by atoms with Crippen molar-refractivity contribution in [2.45, 2.75) is 0 Å². The minimum absolute atomic E-state index is 0.0262. The van der Waals surface area contributed by atoms with Gasteiger partial charge in [0.1, 0.15) is 11.8 Å². The Morgan fingerprint density at radius 1 is 1.75 bits per heavy atom. The van der Waals surface area contributed by atoms with Crippen LogP contribution in [-0.2, 0) is 0 Å². The third-order valence-electron chi connectivity index (χ3n) is 1.09. The van der Waals surface area contributed by atoms with Crippen molar-refractivity contribution in [2.24, 2.45) is 5.73 Å². The van der Waals surface area contributed by atoms with Gasteiger partial charge < -0.3 is 5.73 Å². The second-order valence-electron chi connectivity index (χ2n) is 1.87. The van der Waals surface area contributed by atoms with Gasteiger partial charge in [-0.3, -0.25) is 4.79 Å². The van der Waals surface area contributed by atoms with Crippen LogP contribution in [0, 0.1) is 11.3 Å². The van der Waals surface area contributed by atoms with Gasteiger partial charge in [-0.25, -0.2) is 9.97 Å². The summed E-state index contributed by atoms with van der Waals surface area (Å²) < 4.78 is 0. The molecular formula is C6H3ClN4O. The van der Waals surface area contributed by atoms with Crippen molar-refractivity contribution in [1.82, 2.24) is 9.97 Å². The molecule has 0 fully saturated rings. The molecule has 0 aromatic carbocycles. The van der Waals surface area contributed by atoms with E-state index in [0.717, 1.165) is 6.20 Å². The van der Waals surface area contributed by atoms with Gasteiger partial charge in [-0.2, -0.15) is 5.26 Å². The van der Waals surface area contributed by atoms with Gasteiger partial charge >= 0.3 is 0 Å². The van der Waals surface area contributed by atoms with Crippen LogP contribution in [0.5, 0.6) is 0 Å². The molecule has 60 valence electrons. The molecule has 0 bridgehead atoms. The number of carbonyl (C=O) groups is 1. The molecule has 1 aromatic rings. The zero-order valence-electron chi connectivity index (χ0n) is 5.78. The number of rotatable bonds is 1. The molecule has 0 saturated carbocycles. The van der Waals surface area contributed by atoms with E-state index >= 15 is 0 Å². The first-order chi connectivity index (χ1) is 5.65. The van der Waals surface area contributed by atoms with Crippen LogP contribution >= 0.6 is 11.6 Å². The second kappa shape index (κ2) is 3.15. The summed E-state index contributed by atoms with van der Waals surface area (Å²) in [4.78, 5) is 17.6. The number of amides is 1. The highest BCUT2D eigenvalue weighted by molar-refractivity contribution is 6.30. The van der Waals surface area contributed by atoms with E-state index in [-0.39, 0.29) is 16.5 Å². The lowest BCUT2D eigenvalue weighted by atomic mass is 10.4. The monoisotopic (exact) mass is 182 g/mol. The third kappa shape index (κ3) is 1.49. The lowest BCUT2D eigenvalue weighted by molar-refractivity contribution is 0.0995. The largest absolute Gasteiger partial charge is 0.364 e. The second-order valence-corrected chi connectivity index (χ2v) is 2.23. The van der Waals surface area contributed by atoms with Crippen LogP contribution in [0.3, 0.4) is 0 Å². The molecule has 0 aliphatic carbocycles. The standard InChI is InChI=1S/C6H3ClN4O/c7-5-3(1-8)10-2-4(11-5)6(9)12/h2H,(H2,9,12). The Hall–Kier alpha value is -1.67. The number of nitrogens with two attached hydrogens (primary N) is 1. The summed E-state index contributed by atoms with van der Waals surface area (Å²) in [7, 11) is 0. The number of halogens is 1. The first kappa shape index (κ1) is 8.43. The zero-order valence-corrected chi connectivity index (χ0v) is 6.54. The summed E-state index contributed by atoms with van der Waals surface area (Å²) >= 11 is 5.47. The zero-order chi connectivity index (χ0) is 9.14. The van der Waals surface area contributed by atoms with Crippen molar-refractivity contribution in [3.63, 3.8) is 0 Å². The van der Waals surface area contributed by atoms with Crippen molar-refractivity contribution in [3.8, 4) is 6.07 Å². The van der Waals surface area contributed by atoms with E-state index in [1.54, 1.807) is 6.07 Å². The molecule has 1 heterocycles. The SMILES string of the molecule is N#Cc1ncc(C(N)=O)nc1Cl. The fraction of sp³-hybridized carbons (Fsp3) is 0. The molecule has 0 atom stereocenters. The predicted molar refractivity (Wildman–Crippen MR) is 40.3 cm³/mol. The number of nitriles is 1. The molecule has 0 radical (unpaired) electrons. The summed E-state index contributed by atoms with van der Waals surface area (Å²) in [5.41, 5.74) is 4.81.